The molecule has 1 aromatic carbocycles. The first-order valence-electron chi connectivity index (χ1n) is 8.67. The van der Waals surface area contributed by atoms with E-state index in [1.54, 1.807) is 0 Å². The van der Waals surface area contributed by atoms with Gasteiger partial charge in [0.15, 0.2) is 0 Å². The predicted molar refractivity (Wildman–Crippen MR) is 89.3 cm³/mol. The van der Waals surface area contributed by atoms with Crippen molar-refractivity contribution in [1.29, 1.82) is 0 Å². The lowest BCUT2D eigenvalue weighted by Gasteiger charge is -2.43. The predicted octanol–water partition coefficient (Wildman–Crippen LogP) is 3.63. The maximum absolute atomic E-state index is 6.08. The average molecular weight is 286 g/mol. The normalized spacial score (nSPS) is 31.3. The third kappa shape index (κ3) is 3.32. The Morgan fingerprint density at radius 2 is 1.86 bits per heavy atom. The number of rotatable bonds is 5. The summed E-state index contributed by atoms with van der Waals surface area (Å²) >= 11 is 0. The Kier molecular flexibility index (Phi) is 4.66. The van der Waals surface area contributed by atoms with Crippen molar-refractivity contribution < 1.29 is 0 Å². The van der Waals surface area contributed by atoms with Crippen molar-refractivity contribution >= 4 is 0 Å². The molecule has 0 aliphatic heterocycles. The van der Waals surface area contributed by atoms with Crippen LogP contribution in [0, 0.1) is 11.8 Å². The molecule has 2 fully saturated rings. The van der Waals surface area contributed by atoms with Crippen molar-refractivity contribution in [3.63, 3.8) is 0 Å². The second-order valence-electron chi connectivity index (χ2n) is 7.23. The lowest BCUT2D eigenvalue weighted by atomic mass is 9.74. The van der Waals surface area contributed by atoms with Crippen LogP contribution in [-0.2, 0) is 0 Å². The molecule has 0 saturated heterocycles. The van der Waals surface area contributed by atoms with E-state index < -0.39 is 0 Å². The van der Waals surface area contributed by atoms with E-state index in [0.29, 0.717) is 17.9 Å². The smallest absolute Gasteiger partial charge is 0.0141 e. The summed E-state index contributed by atoms with van der Waals surface area (Å²) < 4.78 is 0. The van der Waals surface area contributed by atoms with Crippen molar-refractivity contribution in [3.05, 3.63) is 35.9 Å². The molecule has 2 aliphatic rings. The zero-order chi connectivity index (χ0) is 14.8. The molecule has 116 valence electrons. The Hall–Kier alpha value is -0.860. The first-order chi connectivity index (χ1) is 10.2. The molecule has 2 saturated carbocycles. The molecule has 0 heterocycles. The first kappa shape index (κ1) is 15.1. The molecule has 3 rings (SSSR count). The van der Waals surface area contributed by atoms with Crippen molar-refractivity contribution in [2.24, 2.45) is 17.6 Å². The van der Waals surface area contributed by atoms with Crippen LogP contribution in [0.3, 0.4) is 0 Å². The summed E-state index contributed by atoms with van der Waals surface area (Å²) in [6.45, 7) is 3.26. The zero-order valence-electron chi connectivity index (χ0n) is 13.5. The van der Waals surface area contributed by atoms with Crippen LogP contribution >= 0.6 is 0 Å². The summed E-state index contributed by atoms with van der Waals surface area (Å²) in [5.74, 6) is 2.33. The molecule has 0 amide bonds. The first-order valence-corrected chi connectivity index (χ1v) is 8.67. The fraction of sp³-hybridized carbons (Fsp3) is 0.684. The van der Waals surface area contributed by atoms with E-state index in [-0.39, 0.29) is 0 Å². The molecule has 0 bridgehead atoms. The van der Waals surface area contributed by atoms with Crippen LogP contribution in [0.4, 0.5) is 0 Å². The van der Waals surface area contributed by atoms with Crippen molar-refractivity contribution in [2.45, 2.75) is 57.0 Å². The maximum atomic E-state index is 6.08. The van der Waals surface area contributed by atoms with Gasteiger partial charge in [0.25, 0.3) is 0 Å². The third-order valence-electron chi connectivity index (χ3n) is 6.00. The van der Waals surface area contributed by atoms with Gasteiger partial charge in [0.1, 0.15) is 0 Å². The molecular weight excluding hydrogens is 256 g/mol. The van der Waals surface area contributed by atoms with Gasteiger partial charge in [0.2, 0.25) is 0 Å². The van der Waals surface area contributed by atoms with Crippen molar-refractivity contribution in [2.75, 3.05) is 13.6 Å². The Bertz CT molecular complexity index is 440. The van der Waals surface area contributed by atoms with Crippen LogP contribution < -0.4 is 5.73 Å². The minimum Gasteiger partial charge on any atom is -0.330 e. The number of benzene rings is 1. The monoisotopic (exact) mass is 286 g/mol. The molecule has 0 radical (unpaired) electrons. The van der Waals surface area contributed by atoms with Gasteiger partial charge in [0, 0.05) is 12.1 Å². The molecule has 2 nitrogen and oxygen atoms in total. The van der Waals surface area contributed by atoms with Crippen LogP contribution in [0.2, 0.25) is 0 Å². The Morgan fingerprint density at radius 3 is 2.48 bits per heavy atom. The van der Waals surface area contributed by atoms with Crippen molar-refractivity contribution in [1.82, 2.24) is 4.90 Å². The van der Waals surface area contributed by atoms with E-state index in [4.69, 9.17) is 5.73 Å². The van der Waals surface area contributed by atoms with Gasteiger partial charge in [-0.1, -0.05) is 30.3 Å². The standard InChI is InChI=1S/C19H30N2/c1-14(15-8-9-15)21(2)19-12-17(10-11-18(19)13-20)16-6-4-3-5-7-16/h3-7,14-15,17-19H,8-13,20H2,1-2H3. The Morgan fingerprint density at radius 1 is 1.14 bits per heavy atom. The number of nitrogens with zero attached hydrogens (tertiary/aromatic N) is 1. The fourth-order valence-electron chi connectivity index (χ4n) is 4.22. The molecule has 4 unspecified atom stereocenters. The molecule has 2 N–H and O–H groups in total. The lowest BCUT2D eigenvalue weighted by molar-refractivity contribution is 0.0815. The second-order valence-corrected chi connectivity index (χ2v) is 7.23. The van der Waals surface area contributed by atoms with E-state index in [1.165, 1.54) is 37.7 Å². The van der Waals surface area contributed by atoms with Crippen LogP contribution in [0.5, 0.6) is 0 Å². The van der Waals surface area contributed by atoms with E-state index in [1.807, 2.05) is 0 Å². The molecule has 21 heavy (non-hydrogen) atoms. The fourth-order valence-corrected chi connectivity index (χ4v) is 4.22. The quantitative estimate of drug-likeness (QED) is 0.895. The summed E-state index contributed by atoms with van der Waals surface area (Å²) in [5, 5.41) is 0. The Balaban J connectivity index is 1.72. The van der Waals surface area contributed by atoms with E-state index in [9.17, 15) is 0 Å². The molecule has 2 aliphatic carbocycles. The highest BCUT2D eigenvalue weighted by Crippen LogP contribution is 2.41. The average Bonchev–Trinajstić information content (AvgIpc) is 3.38. The van der Waals surface area contributed by atoms with Gasteiger partial charge < -0.3 is 10.6 Å². The Labute approximate surface area is 129 Å². The van der Waals surface area contributed by atoms with E-state index >= 15 is 0 Å². The minimum atomic E-state index is 0.657. The second kappa shape index (κ2) is 6.50. The molecule has 4 atom stereocenters. The largest absolute Gasteiger partial charge is 0.330 e. The van der Waals surface area contributed by atoms with Crippen LogP contribution in [0.15, 0.2) is 30.3 Å². The van der Waals surface area contributed by atoms with Crippen molar-refractivity contribution in [3.8, 4) is 0 Å². The van der Waals surface area contributed by atoms with Gasteiger partial charge in [-0.3, -0.25) is 0 Å². The molecule has 1 aromatic rings. The topological polar surface area (TPSA) is 29.3 Å². The summed E-state index contributed by atoms with van der Waals surface area (Å²) in [7, 11) is 2.34. The minimum absolute atomic E-state index is 0.657. The van der Waals surface area contributed by atoms with E-state index in [2.05, 4.69) is 49.2 Å². The zero-order valence-corrected chi connectivity index (χ0v) is 13.5. The summed E-state index contributed by atoms with van der Waals surface area (Å²) in [6, 6.07) is 12.5. The van der Waals surface area contributed by atoms with Gasteiger partial charge in [-0.25, -0.2) is 0 Å². The summed E-state index contributed by atoms with van der Waals surface area (Å²) in [4.78, 5) is 2.66. The number of hydrogen-bond acceptors (Lipinski definition) is 2. The summed E-state index contributed by atoms with van der Waals surface area (Å²) in [5.41, 5.74) is 7.60. The number of hydrogen-bond donors (Lipinski definition) is 1. The van der Waals surface area contributed by atoms with Gasteiger partial charge in [-0.15, -0.1) is 0 Å². The van der Waals surface area contributed by atoms with E-state index in [0.717, 1.165) is 18.5 Å². The highest BCUT2D eigenvalue weighted by atomic mass is 15.2. The van der Waals surface area contributed by atoms with Crippen LogP contribution in [0.1, 0.15) is 50.5 Å². The molecular formula is C19H30N2. The SMILES string of the molecule is CC(C1CC1)N(C)C1CC(c2ccccc2)CCC1CN. The summed E-state index contributed by atoms with van der Waals surface area (Å²) in [6.07, 6.45) is 6.71. The highest BCUT2D eigenvalue weighted by Gasteiger charge is 2.38. The van der Waals surface area contributed by atoms with Gasteiger partial charge >= 0.3 is 0 Å². The lowest BCUT2D eigenvalue weighted by Crippen LogP contribution is -2.48. The maximum Gasteiger partial charge on any atom is 0.0141 e. The highest BCUT2D eigenvalue weighted by molar-refractivity contribution is 5.20. The number of nitrogens with two attached hydrogens (primary N) is 1. The van der Waals surface area contributed by atoms with Crippen LogP contribution in [-0.4, -0.2) is 30.6 Å². The van der Waals surface area contributed by atoms with Gasteiger partial charge in [-0.2, -0.15) is 0 Å². The third-order valence-corrected chi connectivity index (χ3v) is 6.00. The molecule has 2 heteroatoms. The van der Waals surface area contributed by atoms with Crippen LogP contribution in [0.25, 0.3) is 0 Å². The van der Waals surface area contributed by atoms with Gasteiger partial charge in [-0.05, 0) is 75.9 Å². The molecule has 0 aromatic heterocycles. The molecule has 0 spiro atoms. The van der Waals surface area contributed by atoms with Gasteiger partial charge in [0.05, 0.1) is 0 Å².